The van der Waals surface area contributed by atoms with E-state index in [9.17, 15) is 24.0 Å². The summed E-state index contributed by atoms with van der Waals surface area (Å²) < 4.78 is 17.6. The number of nitrogens with zero attached hydrogens (tertiary/aromatic N) is 3. The number of thiazole rings is 1. The Balaban J connectivity index is 1.70. The maximum atomic E-state index is 15.5. The van der Waals surface area contributed by atoms with Gasteiger partial charge < -0.3 is 30.2 Å². The summed E-state index contributed by atoms with van der Waals surface area (Å²) in [4.78, 5) is 92.6. The van der Waals surface area contributed by atoms with Gasteiger partial charge in [0.25, 0.3) is 0 Å². The van der Waals surface area contributed by atoms with Crippen molar-refractivity contribution in [1.29, 1.82) is 0 Å². The number of carbonyl (C=O) groups excluding carboxylic acids is 6. The average molecular weight is 840 g/mol. The van der Waals surface area contributed by atoms with Gasteiger partial charge in [-0.05, 0) is 114 Å². The fraction of sp³-hybridized carbons (Fsp3) is 0.659. The Morgan fingerprint density at radius 3 is 2.12 bits per heavy atom. The van der Waals surface area contributed by atoms with E-state index in [1.54, 1.807) is 65.8 Å². The smallest absolute Gasteiger partial charge is 0.411 e. The van der Waals surface area contributed by atoms with Crippen LogP contribution in [-0.4, -0.2) is 99.4 Å². The third-order valence-electron chi connectivity index (χ3n) is 10.8. The van der Waals surface area contributed by atoms with Gasteiger partial charge in [-0.25, -0.2) is 14.6 Å². The minimum atomic E-state index is -1.75. The van der Waals surface area contributed by atoms with Crippen LogP contribution in [0.25, 0.3) is 0 Å². The lowest BCUT2D eigenvalue weighted by Crippen LogP contribution is -2.59. The number of aryl methyl sites for hydroxylation is 2. The van der Waals surface area contributed by atoms with E-state index < -0.39 is 77.1 Å². The summed E-state index contributed by atoms with van der Waals surface area (Å²) in [5.74, 6) is -3.36. The highest BCUT2D eigenvalue weighted by molar-refractivity contribution is 7.13. The number of hydrogen-bond donors (Lipinski definition) is 2. The molecule has 1 saturated carbocycles. The highest BCUT2D eigenvalue weighted by atomic mass is 32.1. The molecule has 3 amide bonds. The number of likely N-dealkylation sites (tertiary alicyclic amines) is 1. The van der Waals surface area contributed by atoms with Gasteiger partial charge in [0.15, 0.2) is 0 Å². The lowest BCUT2D eigenvalue weighted by atomic mass is 9.69. The number of esters is 2. The molecular weight excluding hydrogens is 775 g/mol. The van der Waals surface area contributed by atoms with Crippen LogP contribution in [-0.2, 0) is 39.0 Å². The van der Waals surface area contributed by atoms with E-state index in [1.165, 1.54) is 23.2 Å². The van der Waals surface area contributed by atoms with Crippen LogP contribution in [0.15, 0.2) is 30.3 Å². The largest absolute Gasteiger partial charge is 0.459 e. The van der Waals surface area contributed by atoms with Crippen molar-refractivity contribution in [3.63, 3.8) is 0 Å². The van der Waals surface area contributed by atoms with Crippen molar-refractivity contribution >= 4 is 47.0 Å². The first-order chi connectivity index (χ1) is 27.7. The molecule has 2 aliphatic rings. The van der Waals surface area contributed by atoms with E-state index in [4.69, 9.17) is 19.9 Å². The fourth-order valence-electron chi connectivity index (χ4n) is 7.87. The van der Waals surface area contributed by atoms with E-state index in [2.05, 4.69) is 10.3 Å². The molecule has 0 spiro atoms. The zero-order valence-electron chi connectivity index (χ0n) is 36.4. The lowest BCUT2D eigenvalue weighted by Gasteiger charge is -2.43. The first kappa shape index (κ1) is 47.3. The van der Waals surface area contributed by atoms with Crippen molar-refractivity contribution < 1.29 is 43.0 Å². The number of amides is 3. The SMILES string of the molecule is Cc1nc(C(=O)OC(C(=O)[C@H](CCCCN)NC(=O)[C@@H]2CCCN2C(=O)[C@H](C)N(CC(=O)OC(C)(C)C)C(=O)OC(C)(C)C)(c2ccccc2)C2CCCCC2)sc1C. The van der Waals surface area contributed by atoms with Crippen molar-refractivity contribution in [3.8, 4) is 0 Å². The van der Waals surface area contributed by atoms with Crippen LogP contribution in [0.4, 0.5) is 4.79 Å². The molecule has 15 heteroatoms. The molecule has 59 heavy (non-hydrogen) atoms. The number of nitrogens with two attached hydrogens (primary N) is 1. The van der Waals surface area contributed by atoms with Gasteiger partial charge in [0.05, 0.1) is 11.7 Å². The topological polar surface area (TPSA) is 188 Å². The molecule has 2 aromatic rings. The summed E-state index contributed by atoms with van der Waals surface area (Å²) in [7, 11) is 0. The van der Waals surface area contributed by atoms with Crippen LogP contribution in [0.2, 0.25) is 0 Å². The van der Waals surface area contributed by atoms with Crippen LogP contribution in [0, 0.1) is 19.8 Å². The lowest BCUT2D eigenvalue weighted by molar-refractivity contribution is -0.157. The third-order valence-corrected chi connectivity index (χ3v) is 11.8. The predicted octanol–water partition coefficient (Wildman–Crippen LogP) is 6.53. The van der Waals surface area contributed by atoms with E-state index >= 15 is 4.79 Å². The Bertz CT molecular complexity index is 1780. The predicted molar refractivity (Wildman–Crippen MR) is 225 cm³/mol. The van der Waals surface area contributed by atoms with E-state index in [0.717, 1.165) is 29.0 Å². The summed E-state index contributed by atoms with van der Waals surface area (Å²) in [5, 5.41) is 3.16. The Morgan fingerprint density at radius 1 is 0.898 bits per heavy atom. The molecular formula is C44H65N5O9S. The van der Waals surface area contributed by atoms with Gasteiger partial charge in [0, 0.05) is 22.9 Å². The maximum absolute atomic E-state index is 15.5. The Hall–Kier alpha value is -4.37. The van der Waals surface area contributed by atoms with E-state index in [1.807, 2.05) is 19.9 Å². The number of Topliss-reactive ketones (excluding diaryl/α,β-unsaturated/α-hetero) is 1. The van der Waals surface area contributed by atoms with Crippen LogP contribution < -0.4 is 11.1 Å². The van der Waals surface area contributed by atoms with Crippen LogP contribution in [0.3, 0.4) is 0 Å². The van der Waals surface area contributed by atoms with E-state index in [-0.39, 0.29) is 23.9 Å². The second-order valence-corrected chi connectivity index (χ2v) is 19.0. The molecule has 1 aromatic heterocycles. The van der Waals surface area contributed by atoms with Gasteiger partial charge in [0.1, 0.15) is 29.8 Å². The van der Waals surface area contributed by atoms with Gasteiger partial charge in [-0.1, -0.05) is 49.6 Å². The van der Waals surface area contributed by atoms with Crippen molar-refractivity contribution in [2.45, 2.75) is 161 Å². The Kier molecular flexibility index (Phi) is 16.2. The molecule has 4 rings (SSSR count). The number of hydrogen-bond acceptors (Lipinski definition) is 12. The van der Waals surface area contributed by atoms with Crippen molar-refractivity contribution in [2.24, 2.45) is 11.7 Å². The van der Waals surface area contributed by atoms with Crippen molar-refractivity contribution in [2.75, 3.05) is 19.6 Å². The fourth-order valence-corrected chi connectivity index (χ4v) is 8.67. The summed E-state index contributed by atoms with van der Waals surface area (Å²) >= 11 is 1.21. The second kappa shape index (κ2) is 20.3. The minimum Gasteiger partial charge on any atom is -0.459 e. The number of ketones is 1. The standard InChI is InChI=1S/C44H65N5O9S/c1-28-30(3)59-38(46-28)40(54)57-44(31-19-12-10-13-20-31,32-21-14-11-15-22-32)36(51)33(23-16-17-25-45)47-37(52)34-24-18-26-48(34)39(53)29(2)49(41(55)58-43(7,8)9)27-35(50)56-42(4,5)6/h10,12-13,19-20,29,32-34H,11,14-18,21-27,45H2,1-9H3,(H,47,52)/t29-,33-,34-,44?/m0/s1. The van der Waals surface area contributed by atoms with Gasteiger partial charge in [-0.2, -0.15) is 0 Å². The Labute approximate surface area is 353 Å². The molecule has 2 heterocycles. The van der Waals surface area contributed by atoms with Crippen molar-refractivity contribution in [1.82, 2.24) is 20.1 Å². The normalized spacial score (nSPS) is 18.3. The van der Waals surface area contributed by atoms with E-state index in [0.29, 0.717) is 56.3 Å². The molecule has 0 radical (unpaired) electrons. The molecule has 1 aliphatic carbocycles. The second-order valence-electron chi connectivity index (χ2n) is 17.8. The number of benzene rings is 1. The van der Waals surface area contributed by atoms with Crippen LogP contribution in [0.1, 0.15) is 139 Å². The number of rotatable bonds is 16. The van der Waals surface area contributed by atoms with Gasteiger partial charge in [0.2, 0.25) is 28.2 Å². The number of aromatic nitrogens is 1. The number of nitrogens with one attached hydrogen (secondary N) is 1. The highest BCUT2D eigenvalue weighted by Crippen LogP contribution is 2.45. The highest BCUT2D eigenvalue weighted by Gasteiger charge is 2.54. The summed E-state index contributed by atoms with van der Waals surface area (Å²) in [6.07, 6.45) is 5.15. The molecule has 1 aromatic carbocycles. The molecule has 4 atom stereocenters. The average Bonchev–Trinajstić information content (AvgIpc) is 3.80. The molecule has 1 unspecified atom stereocenters. The summed E-state index contributed by atoms with van der Waals surface area (Å²) in [6, 6.07) is 5.74. The zero-order chi connectivity index (χ0) is 43.7. The maximum Gasteiger partial charge on any atom is 0.411 e. The quantitative estimate of drug-likeness (QED) is 0.106. The number of ether oxygens (including phenoxy) is 3. The van der Waals surface area contributed by atoms with Gasteiger partial charge in [-0.3, -0.25) is 24.1 Å². The number of unbranched alkanes of at least 4 members (excludes halogenated alkanes) is 1. The Morgan fingerprint density at radius 2 is 1.54 bits per heavy atom. The molecule has 2 fully saturated rings. The van der Waals surface area contributed by atoms with Crippen LogP contribution in [0.5, 0.6) is 0 Å². The monoisotopic (exact) mass is 839 g/mol. The molecule has 3 N–H and O–H groups in total. The molecule has 14 nitrogen and oxygen atoms in total. The molecule has 1 saturated heterocycles. The number of carbonyl (C=O) groups is 6. The summed E-state index contributed by atoms with van der Waals surface area (Å²) in [6.45, 7) is 15.3. The zero-order valence-corrected chi connectivity index (χ0v) is 37.2. The first-order valence-electron chi connectivity index (χ1n) is 21.0. The van der Waals surface area contributed by atoms with Gasteiger partial charge in [-0.15, -0.1) is 11.3 Å². The van der Waals surface area contributed by atoms with Gasteiger partial charge >= 0.3 is 18.0 Å². The third kappa shape index (κ3) is 12.3. The molecule has 1 aliphatic heterocycles. The molecule has 326 valence electrons. The molecule has 0 bridgehead atoms. The van der Waals surface area contributed by atoms with Crippen molar-refractivity contribution in [3.05, 3.63) is 51.5 Å². The first-order valence-corrected chi connectivity index (χ1v) is 21.8. The van der Waals surface area contributed by atoms with Crippen LogP contribution >= 0.6 is 11.3 Å². The summed E-state index contributed by atoms with van der Waals surface area (Å²) in [5.41, 5.74) is 3.60. The minimum absolute atomic E-state index is 0.147.